The maximum absolute atomic E-state index is 9.16. The predicted octanol–water partition coefficient (Wildman–Crippen LogP) is 1.94. The van der Waals surface area contributed by atoms with E-state index >= 15 is 0 Å². The zero-order chi connectivity index (χ0) is 11.8. The highest BCUT2D eigenvalue weighted by Crippen LogP contribution is 2.19. The summed E-state index contributed by atoms with van der Waals surface area (Å²) in [7, 11) is 0. The Morgan fingerprint density at radius 3 is 2.56 bits per heavy atom. The van der Waals surface area contributed by atoms with Gasteiger partial charge in [-0.15, -0.1) is 0 Å². The van der Waals surface area contributed by atoms with Crippen LogP contribution in [-0.2, 0) is 4.74 Å². The molecular formula is C13H27NO2. The molecule has 1 rings (SSSR count). The number of nitrogens with one attached hydrogen (secondary N) is 1. The molecule has 1 atom stereocenters. The number of ether oxygens (including phenoxy) is 1. The molecule has 1 saturated carbocycles. The van der Waals surface area contributed by atoms with E-state index in [9.17, 15) is 0 Å². The summed E-state index contributed by atoms with van der Waals surface area (Å²) < 4.78 is 5.57. The normalized spacial score (nSPS) is 18.0. The molecule has 0 aromatic rings. The summed E-state index contributed by atoms with van der Waals surface area (Å²) in [4.78, 5) is 0. The van der Waals surface area contributed by atoms with Gasteiger partial charge in [0.1, 0.15) is 0 Å². The van der Waals surface area contributed by atoms with Gasteiger partial charge >= 0.3 is 0 Å². The van der Waals surface area contributed by atoms with Crippen LogP contribution in [0.1, 0.15) is 46.0 Å². The molecule has 0 saturated heterocycles. The van der Waals surface area contributed by atoms with Crippen molar-refractivity contribution in [2.75, 3.05) is 19.8 Å². The van der Waals surface area contributed by atoms with Crippen LogP contribution in [0.5, 0.6) is 0 Å². The topological polar surface area (TPSA) is 41.5 Å². The van der Waals surface area contributed by atoms with Crippen molar-refractivity contribution < 1.29 is 9.84 Å². The Hall–Kier alpha value is -0.120. The Bertz CT molecular complexity index is 169. The SMILES string of the molecule is CC(C)CCCOCCC(CO)NC1CC1. The summed E-state index contributed by atoms with van der Waals surface area (Å²) in [6, 6.07) is 0.899. The minimum absolute atomic E-state index is 0.228. The first kappa shape index (κ1) is 13.9. The minimum Gasteiger partial charge on any atom is -0.395 e. The Balaban J connectivity index is 1.87. The molecule has 1 unspecified atom stereocenters. The molecule has 16 heavy (non-hydrogen) atoms. The van der Waals surface area contributed by atoms with Gasteiger partial charge in [0.05, 0.1) is 6.61 Å². The van der Waals surface area contributed by atoms with E-state index < -0.39 is 0 Å². The lowest BCUT2D eigenvalue weighted by Crippen LogP contribution is -2.35. The monoisotopic (exact) mass is 229 g/mol. The average Bonchev–Trinajstić information content (AvgIpc) is 3.04. The smallest absolute Gasteiger partial charge is 0.0585 e. The number of aliphatic hydroxyl groups excluding tert-OH is 1. The molecular weight excluding hydrogens is 202 g/mol. The van der Waals surface area contributed by atoms with Gasteiger partial charge in [0.2, 0.25) is 0 Å². The van der Waals surface area contributed by atoms with Crippen LogP contribution in [0.4, 0.5) is 0 Å². The summed E-state index contributed by atoms with van der Waals surface area (Å²) >= 11 is 0. The lowest BCUT2D eigenvalue weighted by atomic mass is 10.1. The molecule has 1 aliphatic carbocycles. The summed E-state index contributed by atoms with van der Waals surface area (Å²) in [5.41, 5.74) is 0. The molecule has 3 heteroatoms. The maximum atomic E-state index is 9.16. The van der Waals surface area contributed by atoms with Gasteiger partial charge < -0.3 is 15.2 Å². The molecule has 0 aromatic heterocycles. The zero-order valence-corrected chi connectivity index (χ0v) is 10.7. The standard InChI is InChI=1S/C13H27NO2/c1-11(2)4-3-8-16-9-7-13(10-15)14-12-5-6-12/h11-15H,3-10H2,1-2H3. The highest BCUT2D eigenvalue weighted by Gasteiger charge is 2.23. The molecule has 1 fully saturated rings. The second-order valence-electron chi connectivity index (χ2n) is 5.26. The van der Waals surface area contributed by atoms with E-state index in [0.29, 0.717) is 6.04 Å². The summed E-state index contributed by atoms with van der Waals surface area (Å²) in [5, 5.41) is 12.6. The lowest BCUT2D eigenvalue weighted by Gasteiger charge is -2.15. The molecule has 0 aliphatic heterocycles. The van der Waals surface area contributed by atoms with Crippen LogP contribution in [0.25, 0.3) is 0 Å². The number of hydrogen-bond acceptors (Lipinski definition) is 3. The van der Waals surface area contributed by atoms with Crippen molar-refractivity contribution in [1.82, 2.24) is 5.32 Å². The average molecular weight is 229 g/mol. The van der Waals surface area contributed by atoms with Crippen LogP contribution in [-0.4, -0.2) is 37.0 Å². The van der Waals surface area contributed by atoms with Gasteiger partial charge in [0.15, 0.2) is 0 Å². The van der Waals surface area contributed by atoms with Crippen LogP contribution in [0.15, 0.2) is 0 Å². The zero-order valence-electron chi connectivity index (χ0n) is 10.7. The van der Waals surface area contributed by atoms with Gasteiger partial charge in [-0.1, -0.05) is 13.8 Å². The van der Waals surface area contributed by atoms with Crippen molar-refractivity contribution in [1.29, 1.82) is 0 Å². The molecule has 0 radical (unpaired) electrons. The number of aliphatic hydroxyl groups is 1. The van der Waals surface area contributed by atoms with E-state index in [1.165, 1.54) is 19.3 Å². The van der Waals surface area contributed by atoms with Crippen molar-refractivity contribution in [3.63, 3.8) is 0 Å². The van der Waals surface area contributed by atoms with Crippen LogP contribution >= 0.6 is 0 Å². The van der Waals surface area contributed by atoms with Crippen LogP contribution in [0.3, 0.4) is 0 Å². The summed E-state index contributed by atoms with van der Waals surface area (Å²) in [6.07, 6.45) is 5.85. The van der Waals surface area contributed by atoms with Gasteiger partial charge in [-0.3, -0.25) is 0 Å². The van der Waals surface area contributed by atoms with Crippen molar-refractivity contribution in [2.24, 2.45) is 5.92 Å². The van der Waals surface area contributed by atoms with E-state index in [0.717, 1.165) is 32.0 Å². The van der Waals surface area contributed by atoms with Gasteiger partial charge in [-0.2, -0.15) is 0 Å². The number of rotatable bonds is 10. The van der Waals surface area contributed by atoms with Crippen molar-refractivity contribution in [2.45, 2.75) is 58.0 Å². The second-order valence-corrected chi connectivity index (χ2v) is 5.26. The Morgan fingerprint density at radius 2 is 2.00 bits per heavy atom. The molecule has 0 bridgehead atoms. The largest absolute Gasteiger partial charge is 0.395 e. The van der Waals surface area contributed by atoms with Gasteiger partial charge in [-0.05, 0) is 38.0 Å². The third-order valence-corrected chi connectivity index (χ3v) is 2.95. The Labute approximate surface area is 99.6 Å². The predicted molar refractivity (Wildman–Crippen MR) is 66.5 cm³/mol. The minimum atomic E-state index is 0.228. The first-order valence-corrected chi connectivity index (χ1v) is 6.67. The van der Waals surface area contributed by atoms with E-state index in [1.54, 1.807) is 0 Å². The fourth-order valence-corrected chi connectivity index (χ4v) is 1.73. The van der Waals surface area contributed by atoms with E-state index in [4.69, 9.17) is 9.84 Å². The summed E-state index contributed by atoms with van der Waals surface area (Å²) in [5.74, 6) is 0.769. The number of hydrogen-bond donors (Lipinski definition) is 2. The van der Waals surface area contributed by atoms with Crippen molar-refractivity contribution in [3.05, 3.63) is 0 Å². The second kappa shape index (κ2) is 8.04. The quantitative estimate of drug-likeness (QED) is 0.563. The Kier molecular flexibility index (Phi) is 7.01. The lowest BCUT2D eigenvalue weighted by molar-refractivity contribution is 0.108. The highest BCUT2D eigenvalue weighted by atomic mass is 16.5. The molecule has 2 N–H and O–H groups in total. The van der Waals surface area contributed by atoms with Crippen LogP contribution < -0.4 is 5.32 Å². The molecule has 1 aliphatic rings. The van der Waals surface area contributed by atoms with Crippen molar-refractivity contribution in [3.8, 4) is 0 Å². The molecule has 0 amide bonds. The Morgan fingerprint density at radius 1 is 1.25 bits per heavy atom. The van der Waals surface area contributed by atoms with E-state index in [1.807, 2.05) is 0 Å². The first-order valence-electron chi connectivity index (χ1n) is 6.67. The van der Waals surface area contributed by atoms with Gasteiger partial charge in [-0.25, -0.2) is 0 Å². The molecule has 3 nitrogen and oxygen atoms in total. The van der Waals surface area contributed by atoms with Gasteiger partial charge in [0, 0.05) is 25.3 Å². The maximum Gasteiger partial charge on any atom is 0.0585 e. The van der Waals surface area contributed by atoms with Crippen LogP contribution in [0, 0.1) is 5.92 Å². The summed E-state index contributed by atoms with van der Waals surface area (Å²) in [6.45, 7) is 6.33. The van der Waals surface area contributed by atoms with Gasteiger partial charge in [0.25, 0.3) is 0 Å². The third kappa shape index (κ3) is 7.20. The fraction of sp³-hybridized carbons (Fsp3) is 1.00. The molecule has 0 spiro atoms. The van der Waals surface area contributed by atoms with Crippen LogP contribution in [0.2, 0.25) is 0 Å². The molecule has 96 valence electrons. The third-order valence-electron chi connectivity index (χ3n) is 2.95. The van der Waals surface area contributed by atoms with E-state index in [2.05, 4.69) is 19.2 Å². The van der Waals surface area contributed by atoms with E-state index in [-0.39, 0.29) is 12.6 Å². The molecule has 0 aromatic carbocycles. The first-order chi connectivity index (χ1) is 7.72. The molecule has 0 heterocycles. The van der Waals surface area contributed by atoms with Crippen molar-refractivity contribution >= 4 is 0 Å². The fourth-order valence-electron chi connectivity index (χ4n) is 1.73. The highest BCUT2D eigenvalue weighted by molar-refractivity contribution is 4.84.